The van der Waals surface area contributed by atoms with Gasteiger partial charge in [0, 0.05) is 6.21 Å². The maximum absolute atomic E-state index is 11.9. The third kappa shape index (κ3) is 4.31. The summed E-state index contributed by atoms with van der Waals surface area (Å²) in [5, 5.41) is 3.87. The maximum Gasteiger partial charge on any atom is 0.275 e. The summed E-state index contributed by atoms with van der Waals surface area (Å²) < 4.78 is 5.13. The molecular formula is C17H16N2O2. The molecular weight excluding hydrogens is 264 g/mol. The zero-order valence-electron chi connectivity index (χ0n) is 11.7. The van der Waals surface area contributed by atoms with Crippen LogP contribution in [-0.4, -0.2) is 19.2 Å². The van der Waals surface area contributed by atoms with Gasteiger partial charge in [0.15, 0.2) is 0 Å². The second kappa shape index (κ2) is 7.65. The van der Waals surface area contributed by atoms with E-state index in [-0.39, 0.29) is 5.91 Å². The maximum atomic E-state index is 11.9. The van der Waals surface area contributed by atoms with Gasteiger partial charge >= 0.3 is 0 Å². The Morgan fingerprint density at radius 3 is 2.57 bits per heavy atom. The summed E-state index contributed by atoms with van der Waals surface area (Å²) in [7, 11) is 1.53. The first-order valence-corrected chi connectivity index (χ1v) is 6.49. The lowest BCUT2D eigenvalue weighted by atomic mass is 10.2. The second-order valence-corrected chi connectivity index (χ2v) is 4.19. The quantitative estimate of drug-likeness (QED) is 0.675. The smallest absolute Gasteiger partial charge is 0.275 e. The van der Waals surface area contributed by atoms with E-state index in [1.807, 2.05) is 42.5 Å². The van der Waals surface area contributed by atoms with Crippen LogP contribution in [0.4, 0.5) is 0 Å². The zero-order valence-corrected chi connectivity index (χ0v) is 11.7. The fraction of sp³-hybridized carbons (Fsp3) is 0.0588. The molecule has 2 aromatic rings. The molecule has 0 atom stereocenters. The molecule has 106 valence electrons. The van der Waals surface area contributed by atoms with E-state index in [1.54, 1.807) is 24.3 Å². The molecule has 1 amide bonds. The molecule has 0 spiro atoms. The van der Waals surface area contributed by atoms with Crippen molar-refractivity contribution in [2.24, 2.45) is 5.10 Å². The van der Waals surface area contributed by atoms with E-state index in [0.717, 1.165) is 5.56 Å². The van der Waals surface area contributed by atoms with Gasteiger partial charge in [-0.3, -0.25) is 4.79 Å². The molecule has 0 saturated carbocycles. The number of carbonyl (C=O) groups excluding carboxylic acids is 1. The zero-order chi connectivity index (χ0) is 14.9. The van der Waals surface area contributed by atoms with E-state index in [1.165, 1.54) is 13.3 Å². The lowest BCUT2D eigenvalue weighted by molar-refractivity contribution is 0.0952. The summed E-state index contributed by atoms with van der Waals surface area (Å²) >= 11 is 0. The van der Waals surface area contributed by atoms with Crippen LogP contribution in [0.2, 0.25) is 0 Å². The normalized spacial score (nSPS) is 10.9. The van der Waals surface area contributed by atoms with Gasteiger partial charge in [-0.05, 0) is 23.8 Å². The molecule has 0 aromatic heterocycles. The van der Waals surface area contributed by atoms with Gasteiger partial charge in [-0.25, -0.2) is 5.43 Å². The van der Waals surface area contributed by atoms with Gasteiger partial charge in [-0.15, -0.1) is 0 Å². The number of hydrogen-bond acceptors (Lipinski definition) is 3. The van der Waals surface area contributed by atoms with Crippen molar-refractivity contribution in [3.8, 4) is 5.75 Å². The number of para-hydroxylation sites is 1. The van der Waals surface area contributed by atoms with Gasteiger partial charge in [-0.1, -0.05) is 48.5 Å². The fourth-order valence-corrected chi connectivity index (χ4v) is 1.75. The molecule has 4 nitrogen and oxygen atoms in total. The van der Waals surface area contributed by atoms with Crippen molar-refractivity contribution in [1.29, 1.82) is 0 Å². The molecule has 0 radical (unpaired) electrons. The largest absolute Gasteiger partial charge is 0.496 e. The first-order valence-electron chi connectivity index (χ1n) is 6.49. The Labute approximate surface area is 123 Å². The number of allylic oxidation sites excluding steroid dienone is 1. The van der Waals surface area contributed by atoms with Crippen LogP contribution in [0.1, 0.15) is 15.9 Å². The van der Waals surface area contributed by atoms with E-state index >= 15 is 0 Å². The molecule has 2 rings (SSSR count). The summed E-state index contributed by atoms with van der Waals surface area (Å²) in [4.78, 5) is 11.9. The van der Waals surface area contributed by atoms with E-state index in [2.05, 4.69) is 10.5 Å². The van der Waals surface area contributed by atoms with Crippen LogP contribution >= 0.6 is 0 Å². The molecule has 0 aliphatic heterocycles. The molecule has 4 heteroatoms. The number of hydrazone groups is 1. The van der Waals surface area contributed by atoms with Gasteiger partial charge in [-0.2, -0.15) is 5.10 Å². The first kappa shape index (κ1) is 14.5. The van der Waals surface area contributed by atoms with E-state index in [9.17, 15) is 4.79 Å². The van der Waals surface area contributed by atoms with Crippen LogP contribution in [-0.2, 0) is 0 Å². The Morgan fingerprint density at radius 2 is 1.81 bits per heavy atom. The highest BCUT2D eigenvalue weighted by atomic mass is 16.5. The van der Waals surface area contributed by atoms with E-state index in [4.69, 9.17) is 4.74 Å². The number of amides is 1. The van der Waals surface area contributed by atoms with Crippen molar-refractivity contribution in [3.05, 3.63) is 71.8 Å². The van der Waals surface area contributed by atoms with E-state index in [0.29, 0.717) is 11.3 Å². The third-order valence-corrected chi connectivity index (χ3v) is 2.77. The molecule has 0 saturated heterocycles. The summed E-state index contributed by atoms with van der Waals surface area (Å²) in [5.41, 5.74) is 3.98. The van der Waals surface area contributed by atoms with Gasteiger partial charge in [0.1, 0.15) is 5.75 Å². The van der Waals surface area contributed by atoms with Gasteiger partial charge in [0.05, 0.1) is 12.7 Å². The van der Waals surface area contributed by atoms with Crippen molar-refractivity contribution >= 4 is 18.2 Å². The Kier molecular flexibility index (Phi) is 5.29. The van der Waals surface area contributed by atoms with Crippen molar-refractivity contribution in [3.63, 3.8) is 0 Å². The van der Waals surface area contributed by atoms with Crippen LogP contribution in [0.3, 0.4) is 0 Å². The Morgan fingerprint density at radius 1 is 1.10 bits per heavy atom. The third-order valence-electron chi connectivity index (χ3n) is 2.77. The number of benzene rings is 2. The van der Waals surface area contributed by atoms with Gasteiger partial charge in [0.25, 0.3) is 5.91 Å². The molecule has 21 heavy (non-hydrogen) atoms. The molecule has 2 aromatic carbocycles. The Balaban J connectivity index is 1.92. The highest BCUT2D eigenvalue weighted by molar-refractivity contribution is 5.97. The molecule has 0 fully saturated rings. The SMILES string of the molecule is COc1ccccc1C(=O)NN=CC=Cc1ccccc1. The second-order valence-electron chi connectivity index (χ2n) is 4.19. The van der Waals surface area contributed by atoms with Crippen molar-refractivity contribution in [2.75, 3.05) is 7.11 Å². The number of carbonyl (C=O) groups is 1. The highest BCUT2D eigenvalue weighted by Gasteiger charge is 2.09. The number of nitrogens with zero attached hydrogens (tertiary/aromatic N) is 1. The minimum absolute atomic E-state index is 0.309. The first-order chi connectivity index (χ1) is 10.3. The standard InChI is InChI=1S/C17H16N2O2/c1-21-16-12-6-5-11-15(16)17(20)19-18-13-7-10-14-8-3-2-4-9-14/h2-13H,1H3,(H,19,20). The Bertz CT molecular complexity index is 649. The number of nitrogens with one attached hydrogen (secondary N) is 1. The van der Waals surface area contributed by atoms with Crippen LogP contribution < -0.4 is 10.2 Å². The number of rotatable bonds is 5. The van der Waals surface area contributed by atoms with Crippen molar-refractivity contribution < 1.29 is 9.53 Å². The average molecular weight is 280 g/mol. The van der Waals surface area contributed by atoms with Crippen molar-refractivity contribution in [1.82, 2.24) is 5.43 Å². The summed E-state index contributed by atoms with van der Waals surface area (Å²) in [6.45, 7) is 0. The molecule has 0 heterocycles. The lowest BCUT2D eigenvalue weighted by Gasteiger charge is -2.05. The molecule has 0 unspecified atom stereocenters. The van der Waals surface area contributed by atoms with Gasteiger partial charge in [0.2, 0.25) is 0 Å². The summed E-state index contributed by atoms with van der Waals surface area (Å²) in [5.74, 6) is 0.210. The predicted octanol–water partition coefficient (Wildman–Crippen LogP) is 3.12. The lowest BCUT2D eigenvalue weighted by Crippen LogP contribution is -2.18. The molecule has 0 bridgehead atoms. The molecule has 0 aliphatic rings. The average Bonchev–Trinajstić information content (AvgIpc) is 2.55. The number of ether oxygens (including phenoxy) is 1. The van der Waals surface area contributed by atoms with Crippen LogP contribution in [0, 0.1) is 0 Å². The molecule has 1 N–H and O–H groups in total. The summed E-state index contributed by atoms with van der Waals surface area (Å²) in [6, 6.07) is 16.8. The minimum Gasteiger partial charge on any atom is -0.496 e. The predicted molar refractivity (Wildman–Crippen MR) is 84.4 cm³/mol. The fourth-order valence-electron chi connectivity index (χ4n) is 1.75. The summed E-state index contributed by atoms with van der Waals surface area (Å²) in [6.07, 6.45) is 5.19. The van der Waals surface area contributed by atoms with Gasteiger partial charge < -0.3 is 4.74 Å². The topological polar surface area (TPSA) is 50.7 Å². The Hall–Kier alpha value is -2.88. The monoisotopic (exact) mass is 280 g/mol. The molecule has 0 aliphatic carbocycles. The van der Waals surface area contributed by atoms with Crippen LogP contribution in [0.25, 0.3) is 6.08 Å². The van der Waals surface area contributed by atoms with Crippen molar-refractivity contribution in [2.45, 2.75) is 0 Å². The highest BCUT2D eigenvalue weighted by Crippen LogP contribution is 2.16. The number of methoxy groups -OCH3 is 1. The van der Waals surface area contributed by atoms with Crippen LogP contribution in [0.5, 0.6) is 5.75 Å². The van der Waals surface area contributed by atoms with Crippen LogP contribution in [0.15, 0.2) is 65.8 Å². The minimum atomic E-state index is -0.309. The van der Waals surface area contributed by atoms with E-state index < -0.39 is 0 Å². The number of hydrogen-bond donors (Lipinski definition) is 1.